The van der Waals surface area contributed by atoms with Crippen LogP contribution in [0.15, 0.2) is 0 Å². The van der Waals surface area contributed by atoms with E-state index in [2.05, 4.69) is 5.32 Å². The minimum absolute atomic E-state index is 0.0139. The third-order valence-corrected chi connectivity index (χ3v) is 2.70. The van der Waals surface area contributed by atoms with E-state index in [-0.39, 0.29) is 18.5 Å². The highest BCUT2D eigenvalue weighted by molar-refractivity contribution is 5.87. The molecule has 0 saturated carbocycles. The van der Waals surface area contributed by atoms with Crippen LogP contribution in [0.1, 0.15) is 27.2 Å². The van der Waals surface area contributed by atoms with Crippen molar-refractivity contribution < 1.29 is 9.59 Å². The van der Waals surface area contributed by atoms with Crippen LogP contribution in [-0.2, 0) is 9.59 Å². The molecule has 1 atom stereocenters. The van der Waals surface area contributed by atoms with Gasteiger partial charge in [-0.3, -0.25) is 9.59 Å². The summed E-state index contributed by atoms with van der Waals surface area (Å²) in [5, 5.41) is 3.19. The predicted octanol–water partition coefficient (Wildman–Crippen LogP) is -0.292. The molecule has 2 amide bonds. The zero-order valence-electron chi connectivity index (χ0n) is 10.2. The third kappa shape index (κ3) is 3.20. The molecular weight excluding hydrogens is 206 g/mol. The first-order valence-electron chi connectivity index (χ1n) is 5.62. The first kappa shape index (κ1) is 13.0. The van der Waals surface area contributed by atoms with Crippen LogP contribution >= 0.6 is 0 Å². The Bertz CT molecular complexity index is 277. The molecule has 0 aromatic carbocycles. The van der Waals surface area contributed by atoms with Gasteiger partial charge in [0.05, 0.1) is 6.54 Å². The summed E-state index contributed by atoms with van der Waals surface area (Å²) < 4.78 is 0. The number of hydrogen-bond donors (Lipinski definition) is 2. The van der Waals surface area contributed by atoms with E-state index in [1.165, 1.54) is 0 Å². The Balaban J connectivity index is 2.77. The SMILES string of the molecule is CC(C)(C)C(=O)N(CC(N)=O)C1CCNC1. The number of rotatable bonds is 3. The second-order valence-corrected chi connectivity index (χ2v) is 5.30. The van der Waals surface area contributed by atoms with Crippen molar-refractivity contribution in [2.45, 2.75) is 33.2 Å². The number of carbonyl (C=O) groups is 2. The Morgan fingerprint density at radius 3 is 2.44 bits per heavy atom. The molecule has 0 radical (unpaired) electrons. The molecule has 1 saturated heterocycles. The normalized spacial score (nSPS) is 20.8. The molecule has 0 aliphatic carbocycles. The summed E-state index contributed by atoms with van der Waals surface area (Å²) in [5.41, 5.74) is 4.71. The lowest BCUT2D eigenvalue weighted by Crippen LogP contribution is -2.50. The second-order valence-electron chi connectivity index (χ2n) is 5.30. The lowest BCUT2D eigenvalue weighted by molar-refractivity contribution is -0.144. The van der Waals surface area contributed by atoms with Crippen LogP contribution in [0.3, 0.4) is 0 Å². The summed E-state index contributed by atoms with van der Waals surface area (Å²) >= 11 is 0. The average Bonchev–Trinajstić information content (AvgIpc) is 2.63. The van der Waals surface area contributed by atoms with Crippen molar-refractivity contribution in [2.24, 2.45) is 11.1 Å². The number of hydrogen-bond acceptors (Lipinski definition) is 3. The third-order valence-electron chi connectivity index (χ3n) is 2.70. The lowest BCUT2D eigenvalue weighted by Gasteiger charge is -2.32. The van der Waals surface area contributed by atoms with Gasteiger partial charge < -0.3 is 16.0 Å². The number of nitrogens with zero attached hydrogens (tertiary/aromatic N) is 1. The van der Waals surface area contributed by atoms with Gasteiger partial charge in [0, 0.05) is 18.0 Å². The molecule has 1 fully saturated rings. The van der Waals surface area contributed by atoms with Gasteiger partial charge in [0.25, 0.3) is 0 Å². The molecule has 5 nitrogen and oxygen atoms in total. The van der Waals surface area contributed by atoms with E-state index >= 15 is 0 Å². The highest BCUT2D eigenvalue weighted by Crippen LogP contribution is 2.20. The quantitative estimate of drug-likeness (QED) is 0.695. The minimum atomic E-state index is -0.474. The molecule has 1 aliphatic heterocycles. The maximum Gasteiger partial charge on any atom is 0.237 e. The maximum absolute atomic E-state index is 12.2. The molecule has 1 rings (SSSR count). The monoisotopic (exact) mass is 227 g/mol. The first-order chi connectivity index (χ1) is 7.32. The first-order valence-corrected chi connectivity index (χ1v) is 5.62. The molecule has 16 heavy (non-hydrogen) atoms. The van der Waals surface area contributed by atoms with Gasteiger partial charge in [0.1, 0.15) is 0 Å². The number of primary amides is 1. The highest BCUT2D eigenvalue weighted by atomic mass is 16.2. The summed E-state index contributed by atoms with van der Waals surface area (Å²) in [6, 6.07) is 0.0965. The van der Waals surface area contributed by atoms with Gasteiger partial charge in [-0.1, -0.05) is 20.8 Å². The molecule has 5 heteroatoms. The molecule has 1 aliphatic rings. The van der Waals surface area contributed by atoms with E-state index in [0.29, 0.717) is 0 Å². The smallest absolute Gasteiger partial charge is 0.237 e. The van der Waals surface area contributed by atoms with Crippen LogP contribution < -0.4 is 11.1 Å². The van der Waals surface area contributed by atoms with Crippen molar-refractivity contribution in [3.05, 3.63) is 0 Å². The zero-order chi connectivity index (χ0) is 12.3. The van der Waals surface area contributed by atoms with Crippen molar-refractivity contribution in [1.82, 2.24) is 10.2 Å². The van der Waals surface area contributed by atoms with Crippen molar-refractivity contribution in [3.63, 3.8) is 0 Å². The number of amides is 2. The highest BCUT2D eigenvalue weighted by Gasteiger charge is 2.33. The van der Waals surface area contributed by atoms with Gasteiger partial charge in [0.2, 0.25) is 11.8 Å². The number of carbonyl (C=O) groups excluding carboxylic acids is 2. The van der Waals surface area contributed by atoms with Crippen molar-refractivity contribution in [3.8, 4) is 0 Å². The maximum atomic E-state index is 12.2. The summed E-state index contributed by atoms with van der Waals surface area (Å²) in [7, 11) is 0. The van der Waals surface area contributed by atoms with Crippen LogP contribution in [0.4, 0.5) is 0 Å². The molecule has 0 bridgehead atoms. The van der Waals surface area contributed by atoms with E-state index in [0.717, 1.165) is 19.5 Å². The van der Waals surface area contributed by atoms with Gasteiger partial charge in [-0.15, -0.1) is 0 Å². The summed E-state index contributed by atoms with van der Waals surface area (Å²) in [4.78, 5) is 24.8. The fraction of sp³-hybridized carbons (Fsp3) is 0.818. The van der Waals surface area contributed by atoms with Crippen molar-refractivity contribution >= 4 is 11.8 Å². The minimum Gasteiger partial charge on any atom is -0.368 e. The second kappa shape index (κ2) is 4.82. The van der Waals surface area contributed by atoms with E-state index < -0.39 is 11.3 Å². The topological polar surface area (TPSA) is 75.4 Å². The van der Waals surface area contributed by atoms with E-state index in [1.807, 2.05) is 20.8 Å². The molecular formula is C11H21N3O2. The van der Waals surface area contributed by atoms with Crippen LogP contribution in [-0.4, -0.2) is 42.4 Å². The predicted molar refractivity (Wildman–Crippen MR) is 61.6 cm³/mol. The van der Waals surface area contributed by atoms with E-state index in [4.69, 9.17) is 5.73 Å². The lowest BCUT2D eigenvalue weighted by atomic mass is 9.93. The van der Waals surface area contributed by atoms with Gasteiger partial charge in [0.15, 0.2) is 0 Å². The van der Waals surface area contributed by atoms with Gasteiger partial charge in [-0.2, -0.15) is 0 Å². The number of nitrogens with one attached hydrogen (secondary N) is 1. The number of nitrogens with two attached hydrogens (primary N) is 1. The molecule has 0 aromatic rings. The standard InChI is InChI=1S/C11H21N3O2/c1-11(2,3)10(16)14(7-9(12)15)8-4-5-13-6-8/h8,13H,4-7H2,1-3H3,(H2,12,15). The Kier molecular flexibility index (Phi) is 3.91. The van der Waals surface area contributed by atoms with Gasteiger partial charge in [-0.25, -0.2) is 0 Å². The summed E-state index contributed by atoms with van der Waals surface area (Å²) in [6.45, 7) is 7.21. The van der Waals surface area contributed by atoms with E-state index in [1.54, 1.807) is 4.90 Å². The van der Waals surface area contributed by atoms with Gasteiger partial charge >= 0.3 is 0 Å². The van der Waals surface area contributed by atoms with E-state index in [9.17, 15) is 9.59 Å². The summed E-state index contributed by atoms with van der Waals surface area (Å²) in [5.74, 6) is -0.468. The zero-order valence-corrected chi connectivity index (χ0v) is 10.2. The fourth-order valence-electron chi connectivity index (χ4n) is 1.87. The fourth-order valence-corrected chi connectivity index (χ4v) is 1.87. The summed E-state index contributed by atoms with van der Waals surface area (Å²) in [6.07, 6.45) is 0.884. The Labute approximate surface area is 96.4 Å². The molecule has 1 unspecified atom stereocenters. The molecule has 1 heterocycles. The Hall–Kier alpha value is -1.10. The van der Waals surface area contributed by atoms with Crippen molar-refractivity contribution in [2.75, 3.05) is 19.6 Å². The van der Waals surface area contributed by atoms with Crippen LogP contribution in [0.2, 0.25) is 0 Å². The van der Waals surface area contributed by atoms with Crippen LogP contribution in [0, 0.1) is 5.41 Å². The Morgan fingerprint density at radius 2 is 2.06 bits per heavy atom. The van der Waals surface area contributed by atoms with Crippen LogP contribution in [0.25, 0.3) is 0 Å². The van der Waals surface area contributed by atoms with Crippen molar-refractivity contribution in [1.29, 1.82) is 0 Å². The Morgan fingerprint density at radius 1 is 1.44 bits per heavy atom. The largest absolute Gasteiger partial charge is 0.368 e. The molecule has 0 aromatic heterocycles. The molecule has 92 valence electrons. The average molecular weight is 227 g/mol. The molecule has 0 spiro atoms. The van der Waals surface area contributed by atoms with Gasteiger partial charge in [-0.05, 0) is 13.0 Å². The van der Waals surface area contributed by atoms with Crippen LogP contribution in [0.5, 0.6) is 0 Å². The molecule has 3 N–H and O–H groups in total.